The Labute approximate surface area is 125 Å². The summed E-state index contributed by atoms with van der Waals surface area (Å²) in [5.41, 5.74) is 2.23. The molecule has 0 radical (unpaired) electrons. The normalized spacial score (nSPS) is 10.6. The van der Waals surface area contributed by atoms with Gasteiger partial charge in [0.1, 0.15) is 11.9 Å². The number of methoxy groups -OCH3 is 1. The first-order valence-electron chi connectivity index (χ1n) is 6.16. The van der Waals surface area contributed by atoms with Crippen molar-refractivity contribution in [2.75, 3.05) is 7.11 Å². The van der Waals surface area contributed by atoms with Gasteiger partial charge in [-0.1, -0.05) is 12.1 Å². The molecule has 9 nitrogen and oxygen atoms in total. The zero-order chi connectivity index (χ0) is 16.1. The van der Waals surface area contributed by atoms with Gasteiger partial charge in [-0.2, -0.15) is 10.2 Å². The van der Waals surface area contributed by atoms with E-state index < -0.39 is 10.8 Å². The van der Waals surface area contributed by atoms with E-state index in [2.05, 4.69) is 15.6 Å². The van der Waals surface area contributed by atoms with E-state index in [1.165, 1.54) is 25.1 Å². The topological polar surface area (TPSA) is 112 Å². The molecule has 0 aliphatic carbocycles. The second-order valence-electron chi connectivity index (χ2n) is 4.27. The lowest BCUT2D eigenvalue weighted by Crippen LogP contribution is -2.19. The van der Waals surface area contributed by atoms with Gasteiger partial charge in [0.05, 0.1) is 18.2 Å². The van der Waals surface area contributed by atoms with Gasteiger partial charge >= 0.3 is 5.69 Å². The van der Waals surface area contributed by atoms with Crippen LogP contribution in [0.4, 0.5) is 5.69 Å². The van der Waals surface area contributed by atoms with Crippen molar-refractivity contribution in [3.63, 3.8) is 0 Å². The third kappa shape index (κ3) is 3.45. The molecule has 114 valence electrons. The lowest BCUT2D eigenvalue weighted by molar-refractivity contribution is -0.385. The van der Waals surface area contributed by atoms with Crippen LogP contribution in [0.25, 0.3) is 0 Å². The van der Waals surface area contributed by atoms with Gasteiger partial charge in [0.2, 0.25) is 5.69 Å². The first-order valence-corrected chi connectivity index (χ1v) is 6.16. The third-order valence-corrected chi connectivity index (χ3v) is 2.69. The number of nitrogens with one attached hydrogen (secondary N) is 1. The average Bonchev–Trinajstić information content (AvgIpc) is 2.90. The quantitative estimate of drug-likeness (QED) is 0.505. The second kappa shape index (κ2) is 6.48. The van der Waals surface area contributed by atoms with Gasteiger partial charge in [0.25, 0.3) is 5.91 Å². The number of hydrogen-bond acceptors (Lipinski definition) is 6. The molecule has 2 aromatic rings. The number of nitrogens with zero attached hydrogens (tertiary/aromatic N) is 4. The van der Waals surface area contributed by atoms with Crippen molar-refractivity contribution < 1.29 is 14.5 Å². The molecule has 22 heavy (non-hydrogen) atoms. The summed E-state index contributed by atoms with van der Waals surface area (Å²) in [5, 5.41) is 18.3. The molecule has 0 saturated heterocycles. The monoisotopic (exact) mass is 303 g/mol. The van der Waals surface area contributed by atoms with E-state index in [0.29, 0.717) is 11.3 Å². The highest BCUT2D eigenvalue weighted by molar-refractivity contribution is 5.96. The van der Waals surface area contributed by atoms with E-state index in [0.717, 1.165) is 6.20 Å². The summed E-state index contributed by atoms with van der Waals surface area (Å²) in [6.45, 7) is 0. The summed E-state index contributed by atoms with van der Waals surface area (Å²) < 4.78 is 6.25. The third-order valence-electron chi connectivity index (χ3n) is 2.69. The molecule has 1 aromatic heterocycles. The number of amides is 1. The number of carbonyl (C=O) groups excluding carboxylic acids is 1. The molecular weight excluding hydrogens is 290 g/mol. The Hall–Kier alpha value is -3.23. The Morgan fingerprint density at radius 1 is 1.55 bits per heavy atom. The molecule has 0 aliphatic heterocycles. The van der Waals surface area contributed by atoms with Gasteiger partial charge in [-0.3, -0.25) is 19.6 Å². The van der Waals surface area contributed by atoms with Crippen LogP contribution in [0.1, 0.15) is 16.1 Å². The van der Waals surface area contributed by atoms with Crippen molar-refractivity contribution in [1.82, 2.24) is 15.2 Å². The van der Waals surface area contributed by atoms with Gasteiger partial charge < -0.3 is 4.74 Å². The maximum Gasteiger partial charge on any atom is 0.320 e. The van der Waals surface area contributed by atoms with Gasteiger partial charge in [-0.15, -0.1) is 0 Å². The Kier molecular flexibility index (Phi) is 4.47. The number of carbonyl (C=O) groups is 1. The number of aromatic nitrogens is 2. The molecule has 9 heteroatoms. The summed E-state index contributed by atoms with van der Waals surface area (Å²) in [6.07, 6.45) is 2.55. The van der Waals surface area contributed by atoms with Crippen LogP contribution in [0.2, 0.25) is 0 Å². The number of benzene rings is 1. The fourth-order valence-electron chi connectivity index (χ4n) is 1.71. The second-order valence-corrected chi connectivity index (χ2v) is 4.27. The molecular formula is C13H13N5O4. The highest BCUT2D eigenvalue weighted by Crippen LogP contribution is 2.15. The minimum atomic E-state index is -0.758. The van der Waals surface area contributed by atoms with Gasteiger partial charge in [-0.05, 0) is 17.7 Å². The average molecular weight is 303 g/mol. The maximum atomic E-state index is 11.9. The number of hydrogen-bond donors (Lipinski definition) is 1. The summed E-state index contributed by atoms with van der Waals surface area (Å²) in [6, 6.07) is 7.03. The van der Waals surface area contributed by atoms with Crippen molar-refractivity contribution in [1.29, 1.82) is 0 Å². The van der Waals surface area contributed by atoms with Crippen LogP contribution in [-0.4, -0.2) is 33.9 Å². The minimum Gasteiger partial charge on any atom is -0.497 e. The van der Waals surface area contributed by atoms with E-state index in [1.54, 1.807) is 24.3 Å². The van der Waals surface area contributed by atoms with E-state index in [1.807, 2.05) is 0 Å². The fraction of sp³-hybridized carbons (Fsp3) is 0.154. The molecule has 2 rings (SSSR count). The zero-order valence-electron chi connectivity index (χ0n) is 11.9. The van der Waals surface area contributed by atoms with E-state index in [4.69, 9.17) is 4.74 Å². The first kappa shape index (κ1) is 15.2. The van der Waals surface area contributed by atoms with Crippen molar-refractivity contribution in [3.05, 3.63) is 51.8 Å². The SMILES string of the molecule is COc1cccc(C=NNC(=O)c2nn(C)cc2[N+](=O)[O-])c1. The molecule has 1 amide bonds. The van der Waals surface area contributed by atoms with Gasteiger partial charge in [0.15, 0.2) is 0 Å². The van der Waals surface area contributed by atoms with Crippen molar-refractivity contribution in [2.24, 2.45) is 12.1 Å². The predicted molar refractivity (Wildman–Crippen MR) is 77.9 cm³/mol. The molecule has 1 aromatic carbocycles. The summed E-state index contributed by atoms with van der Waals surface area (Å²) in [4.78, 5) is 22.0. The zero-order valence-corrected chi connectivity index (χ0v) is 11.9. The number of ether oxygens (including phenoxy) is 1. The fourth-order valence-corrected chi connectivity index (χ4v) is 1.71. The maximum absolute atomic E-state index is 11.9. The lowest BCUT2D eigenvalue weighted by atomic mass is 10.2. The van der Waals surface area contributed by atoms with Crippen molar-refractivity contribution >= 4 is 17.8 Å². The summed E-state index contributed by atoms with van der Waals surface area (Å²) in [5.74, 6) is -0.109. The van der Waals surface area contributed by atoms with Gasteiger partial charge in [-0.25, -0.2) is 5.43 Å². The van der Waals surface area contributed by atoms with E-state index in [-0.39, 0.29) is 11.4 Å². The highest BCUT2D eigenvalue weighted by Gasteiger charge is 2.24. The Bertz CT molecular complexity index is 738. The van der Waals surface area contributed by atoms with Crippen LogP contribution >= 0.6 is 0 Å². The Morgan fingerprint density at radius 3 is 3.00 bits per heavy atom. The first-order chi connectivity index (χ1) is 10.5. The summed E-state index contributed by atoms with van der Waals surface area (Å²) in [7, 11) is 3.03. The summed E-state index contributed by atoms with van der Waals surface area (Å²) >= 11 is 0. The van der Waals surface area contributed by atoms with Crippen LogP contribution in [0.3, 0.4) is 0 Å². The molecule has 0 unspecified atom stereocenters. The lowest BCUT2D eigenvalue weighted by Gasteiger charge is -2.00. The predicted octanol–water partition coefficient (Wildman–Crippen LogP) is 1.10. The standard InChI is InChI=1S/C13H13N5O4/c1-17-8-11(18(20)21)12(16-17)13(19)15-14-7-9-4-3-5-10(6-9)22-2/h3-8H,1-2H3,(H,15,19). The van der Waals surface area contributed by atoms with Crippen LogP contribution in [0.5, 0.6) is 5.75 Å². The van der Waals surface area contributed by atoms with Crippen LogP contribution in [-0.2, 0) is 7.05 Å². The van der Waals surface area contributed by atoms with Gasteiger partial charge in [0, 0.05) is 7.05 Å². The molecule has 0 aliphatic rings. The molecule has 1 N–H and O–H groups in total. The van der Waals surface area contributed by atoms with Crippen LogP contribution in [0, 0.1) is 10.1 Å². The van der Waals surface area contributed by atoms with Crippen molar-refractivity contribution in [3.8, 4) is 5.75 Å². The number of hydrazone groups is 1. The van der Waals surface area contributed by atoms with Crippen LogP contribution < -0.4 is 10.2 Å². The van der Waals surface area contributed by atoms with Crippen molar-refractivity contribution in [2.45, 2.75) is 0 Å². The minimum absolute atomic E-state index is 0.296. The smallest absolute Gasteiger partial charge is 0.320 e. The van der Waals surface area contributed by atoms with E-state index in [9.17, 15) is 14.9 Å². The van der Waals surface area contributed by atoms with E-state index >= 15 is 0 Å². The number of rotatable bonds is 5. The Balaban J connectivity index is 2.09. The van der Waals surface area contributed by atoms with Crippen LogP contribution in [0.15, 0.2) is 35.6 Å². The molecule has 0 bridgehead atoms. The molecule has 0 fully saturated rings. The molecule has 0 atom stereocenters. The largest absolute Gasteiger partial charge is 0.497 e. The highest BCUT2D eigenvalue weighted by atomic mass is 16.6. The Morgan fingerprint density at radius 2 is 2.32 bits per heavy atom. The number of aryl methyl sites for hydroxylation is 1. The molecule has 1 heterocycles. The molecule has 0 saturated carbocycles. The molecule has 0 spiro atoms. The number of nitro groups is 1.